The van der Waals surface area contributed by atoms with Gasteiger partial charge in [0.1, 0.15) is 0 Å². The molecule has 3 N–H and O–H groups in total. The Labute approximate surface area is 72.8 Å². The van der Waals surface area contributed by atoms with E-state index in [0.29, 0.717) is 5.92 Å². The molecule has 0 amide bonds. The van der Waals surface area contributed by atoms with Gasteiger partial charge >= 0.3 is 0 Å². The van der Waals surface area contributed by atoms with Gasteiger partial charge in [0.25, 0.3) is 0 Å². The van der Waals surface area contributed by atoms with Crippen molar-refractivity contribution in [1.29, 1.82) is 0 Å². The summed E-state index contributed by atoms with van der Waals surface area (Å²) in [4.78, 5) is 0. The standard InChI is InChI=1S/C10H14N2/c11-10-7-12-6-9(10)8-4-2-1-3-5-8/h1-5,9-10,12H,6-7,11H2/t9-,10-/m1/s1. The van der Waals surface area contributed by atoms with Gasteiger partial charge in [0.2, 0.25) is 0 Å². The van der Waals surface area contributed by atoms with Gasteiger partial charge in [-0.05, 0) is 5.56 Å². The Kier molecular flexibility index (Phi) is 2.11. The number of hydrogen-bond acceptors (Lipinski definition) is 2. The summed E-state index contributed by atoms with van der Waals surface area (Å²) < 4.78 is 0. The summed E-state index contributed by atoms with van der Waals surface area (Å²) in [6.07, 6.45) is 0. The molecule has 1 heterocycles. The number of rotatable bonds is 1. The topological polar surface area (TPSA) is 38.0 Å². The van der Waals surface area contributed by atoms with Crippen molar-refractivity contribution in [3.8, 4) is 0 Å². The normalized spacial score (nSPS) is 29.1. The van der Waals surface area contributed by atoms with E-state index < -0.39 is 0 Å². The number of nitrogens with one attached hydrogen (secondary N) is 1. The maximum Gasteiger partial charge on any atom is 0.0247 e. The summed E-state index contributed by atoms with van der Waals surface area (Å²) >= 11 is 0. The van der Waals surface area contributed by atoms with E-state index in [2.05, 4.69) is 29.6 Å². The molecule has 1 saturated heterocycles. The molecular formula is C10H14N2. The third-order valence-electron chi connectivity index (χ3n) is 2.49. The molecule has 0 radical (unpaired) electrons. The second-order valence-corrected chi connectivity index (χ2v) is 3.34. The highest BCUT2D eigenvalue weighted by Crippen LogP contribution is 2.20. The summed E-state index contributed by atoms with van der Waals surface area (Å²) in [5, 5.41) is 3.30. The van der Waals surface area contributed by atoms with E-state index in [1.807, 2.05) is 6.07 Å². The van der Waals surface area contributed by atoms with Gasteiger partial charge in [-0.2, -0.15) is 0 Å². The van der Waals surface area contributed by atoms with E-state index in [1.54, 1.807) is 0 Å². The average Bonchev–Trinajstić information content (AvgIpc) is 2.53. The second kappa shape index (κ2) is 3.25. The van der Waals surface area contributed by atoms with Crippen molar-refractivity contribution in [2.24, 2.45) is 5.73 Å². The van der Waals surface area contributed by atoms with Crippen LogP contribution in [0.5, 0.6) is 0 Å². The highest BCUT2D eigenvalue weighted by molar-refractivity contribution is 5.23. The lowest BCUT2D eigenvalue weighted by Crippen LogP contribution is -2.27. The molecule has 12 heavy (non-hydrogen) atoms. The molecule has 2 nitrogen and oxygen atoms in total. The molecule has 2 atom stereocenters. The SMILES string of the molecule is N[C@@H]1CNC[C@@H]1c1ccccc1. The molecule has 2 rings (SSSR count). The predicted octanol–water partition coefficient (Wildman–Crippen LogP) is 0.701. The molecule has 0 bridgehead atoms. The molecule has 1 aromatic rings. The van der Waals surface area contributed by atoms with Crippen LogP contribution in [0.1, 0.15) is 11.5 Å². The van der Waals surface area contributed by atoms with Crippen molar-refractivity contribution >= 4 is 0 Å². The van der Waals surface area contributed by atoms with Crippen LogP contribution in [0.15, 0.2) is 30.3 Å². The molecule has 0 unspecified atom stereocenters. The van der Waals surface area contributed by atoms with Gasteiger partial charge in [0.15, 0.2) is 0 Å². The summed E-state index contributed by atoms with van der Waals surface area (Å²) in [7, 11) is 0. The summed E-state index contributed by atoms with van der Waals surface area (Å²) in [6.45, 7) is 1.96. The largest absolute Gasteiger partial charge is 0.326 e. The van der Waals surface area contributed by atoms with Crippen molar-refractivity contribution in [3.63, 3.8) is 0 Å². The molecule has 64 valence electrons. The van der Waals surface area contributed by atoms with Crippen molar-refractivity contribution in [1.82, 2.24) is 5.32 Å². The van der Waals surface area contributed by atoms with E-state index in [-0.39, 0.29) is 6.04 Å². The molecule has 2 heteroatoms. The first-order chi connectivity index (χ1) is 5.88. The van der Waals surface area contributed by atoms with Crippen LogP contribution >= 0.6 is 0 Å². The van der Waals surface area contributed by atoms with E-state index in [9.17, 15) is 0 Å². The van der Waals surface area contributed by atoms with Gasteiger partial charge in [-0.25, -0.2) is 0 Å². The summed E-state index contributed by atoms with van der Waals surface area (Å²) in [5.41, 5.74) is 7.30. The van der Waals surface area contributed by atoms with E-state index in [0.717, 1.165) is 13.1 Å². The van der Waals surface area contributed by atoms with Crippen LogP contribution in [0.25, 0.3) is 0 Å². The fourth-order valence-corrected chi connectivity index (χ4v) is 1.76. The highest BCUT2D eigenvalue weighted by atomic mass is 15.0. The van der Waals surface area contributed by atoms with Crippen molar-refractivity contribution in [2.75, 3.05) is 13.1 Å². The van der Waals surface area contributed by atoms with E-state index in [4.69, 9.17) is 5.73 Å². The van der Waals surface area contributed by atoms with Crippen LogP contribution in [0, 0.1) is 0 Å². The van der Waals surface area contributed by atoms with Crippen molar-refractivity contribution < 1.29 is 0 Å². The Balaban J connectivity index is 2.19. The smallest absolute Gasteiger partial charge is 0.0247 e. The molecule has 0 saturated carbocycles. The molecule has 1 aliphatic heterocycles. The Morgan fingerprint density at radius 3 is 2.50 bits per heavy atom. The Hall–Kier alpha value is -0.860. The zero-order valence-electron chi connectivity index (χ0n) is 7.03. The summed E-state index contributed by atoms with van der Waals surface area (Å²) in [5.74, 6) is 0.506. The maximum atomic E-state index is 5.95. The van der Waals surface area contributed by atoms with Gasteiger partial charge < -0.3 is 11.1 Å². The van der Waals surface area contributed by atoms with Crippen LogP contribution in [0.3, 0.4) is 0 Å². The van der Waals surface area contributed by atoms with Crippen LogP contribution in [-0.2, 0) is 0 Å². The maximum absolute atomic E-state index is 5.95. The number of hydrogen-bond donors (Lipinski definition) is 2. The van der Waals surface area contributed by atoms with Crippen LogP contribution < -0.4 is 11.1 Å². The zero-order chi connectivity index (χ0) is 8.39. The third kappa shape index (κ3) is 1.36. The van der Waals surface area contributed by atoms with E-state index in [1.165, 1.54) is 5.56 Å². The fraction of sp³-hybridized carbons (Fsp3) is 0.400. The minimum absolute atomic E-state index is 0.285. The minimum atomic E-state index is 0.285. The van der Waals surface area contributed by atoms with Gasteiger partial charge in [0.05, 0.1) is 0 Å². The lowest BCUT2D eigenvalue weighted by molar-refractivity contribution is 0.653. The van der Waals surface area contributed by atoms with Gasteiger partial charge in [0, 0.05) is 25.0 Å². The van der Waals surface area contributed by atoms with E-state index >= 15 is 0 Å². The van der Waals surface area contributed by atoms with Crippen LogP contribution in [0.2, 0.25) is 0 Å². The van der Waals surface area contributed by atoms with Gasteiger partial charge in [-0.1, -0.05) is 30.3 Å². The van der Waals surface area contributed by atoms with Crippen LogP contribution in [0.4, 0.5) is 0 Å². The van der Waals surface area contributed by atoms with Crippen molar-refractivity contribution in [2.45, 2.75) is 12.0 Å². The molecule has 1 aliphatic rings. The first-order valence-electron chi connectivity index (χ1n) is 4.39. The lowest BCUT2D eigenvalue weighted by atomic mass is 9.95. The molecule has 0 spiro atoms. The predicted molar refractivity (Wildman–Crippen MR) is 50.0 cm³/mol. The monoisotopic (exact) mass is 162 g/mol. The third-order valence-corrected chi connectivity index (χ3v) is 2.49. The molecular weight excluding hydrogens is 148 g/mol. The number of benzene rings is 1. The minimum Gasteiger partial charge on any atom is -0.326 e. The summed E-state index contributed by atoms with van der Waals surface area (Å²) in [6, 6.07) is 10.8. The molecule has 1 aromatic carbocycles. The number of nitrogens with two attached hydrogens (primary N) is 1. The zero-order valence-corrected chi connectivity index (χ0v) is 7.03. The quantitative estimate of drug-likeness (QED) is 0.638. The van der Waals surface area contributed by atoms with Crippen molar-refractivity contribution in [3.05, 3.63) is 35.9 Å². The second-order valence-electron chi connectivity index (χ2n) is 3.34. The Morgan fingerprint density at radius 1 is 1.17 bits per heavy atom. The lowest BCUT2D eigenvalue weighted by Gasteiger charge is -2.13. The molecule has 0 aliphatic carbocycles. The van der Waals surface area contributed by atoms with Crippen LogP contribution in [-0.4, -0.2) is 19.1 Å². The fourth-order valence-electron chi connectivity index (χ4n) is 1.76. The Bertz CT molecular complexity index is 245. The molecule has 1 fully saturated rings. The highest BCUT2D eigenvalue weighted by Gasteiger charge is 2.24. The average molecular weight is 162 g/mol. The van der Waals surface area contributed by atoms with Gasteiger partial charge in [-0.15, -0.1) is 0 Å². The van der Waals surface area contributed by atoms with Gasteiger partial charge in [-0.3, -0.25) is 0 Å². The molecule has 0 aromatic heterocycles. The first-order valence-corrected chi connectivity index (χ1v) is 4.39. The Morgan fingerprint density at radius 2 is 1.92 bits per heavy atom. The first kappa shape index (κ1) is 7.77.